The minimum Gasteiger partial charge on any atom is -0.475 e. The molecule has 1 atom stereocenters. The maximum absolute atomic E-state index is 5.81. The van der Waals surface area contributed by atoms with Gasteiger partial charge in [-0.25, -0.2) is 0 Å². The van der Waals surface area contributed by atoms with Crippen LogP contribution in [0.2, 0.25) is 0 Å². The summed E-state index contributed by atoms with van der Waals surface area (Å²) < 4.78 is 14.5. The second-order valence-corrected chi connectivity index (χ2v) is 6.43. The van der Waals surface area contributed by atoms with Gasteiger partial charge in [-0.2, -0.15) is 4.37 Å². The topological polar surface area (TPSA) is 47.0 Å². The van der Waals surface area contributed by atoms with Gasteiger partial charge >= 0.3 is 0 Å². The summed E-state index contributed by atoms with van der Waals surface area (Å²) >= 11 is 2.98. The second-order valence-electron chi connectivity index (χ2n) is 4.87. The van der Waals surface area contributed by atoms with Gasteiger partial charge < -0.3 is 10.1 Å². The summed E-state index contributed by atoms with van der Waals surface area (Å²) in [7, 11) is 0. The van der Waals surface area contributed by atoms with Gasteiger partial charge in [-0.15, -0.1) is 15.7 Å². The van der Waals surface area contributed by atoms with Gasteiger partial charge in [0.2, 0.25) is 0 Å². The van der Waals surface area contributed by atoms with Gasteiger partial charge in [-0.3, -0.25) is 0 Å². The average molecular weight is 307 g/mol. The van der Waals surface area contributed by atoms with E-state index in [1.807, 2.05) is 0 Å². The molecule has 3 rings (SSSR count). The Morgan fingerprint density at radius 1 is 1.45 bits per heavy atom. The van der Waals surface area contributed by atoms with Crippen molar-refractivity contribution in [3.8, 4) is 5.88 Å². The number of thiophene rings is 1. The Kier molecular flexibility index (Phi) is 4.32. The van der Waals surface area contributed by atoms with Gasteiger partial charge in [-0.05, 0) is 31.2 Å². The van der Waals surface area contributed by atoms with E-state index in [-0.39, 0.29) is 0 Å². The van der Waals surface area contributed by atoms with E-state index in [2.05, 4.69) is 44.7 Å². The Balaban J connectivity index is 1.62. The second kappa shape index (κ2) is 6.37. The minimum absolute atomic E-state index is 0.536. The molecule has 1 N–H and O–H groups in total. The summed E-state index contributed by atoms with van der Waals surface area (Å²) in [5.41, 5.74) is 2.10. The van der Waals surface area contributed by atoms with Crippen LogP contribution in [-0.4, -0.2) is 21.4 Å². The largest absolute Gasteiger partial charge is 0.475 e. The van der Waals surface area contributed by atoms with Gasteiger partial charge in [-0.1, -0.05) is 6.07 Å². The monoisotopic (exact) mass is 307 g/mol. The molecule has 0 aromatic carbocycles. The molecule has 0 saturated carbocycles. The molecule has 2 aromatic rings. The first-order valence-electron chi connectivity index (χ1n) is 6.76. The van der Waals surface area contributed by atoms with Crippen LogP contribution in [0.3, 0.4) is 0 Å². The van der Waals surface area contributed by atoms with Crippen molar-refractivity contribution in [2.75, 3.05) is 6.61 Å². The average Bonchev–Trinajstić information content (AvgIpc) is 3.11. The van der Waals surface area contributed by atoms with Crippen LogP contribution in [0.25, 0.3) is 5.57 Å². The molecule has 1 aliphatic rings. The zero-order chi connectivity index (χ0) is 13.8. The van der Waals surface area contributed by atoms with Crippen LogP contribution < -0.4 is 10.1 Å². The quantitative estimate of drug-likeness (QED) is 0.920. The van der Waals surface area contributed by atoms with Crippen LogP contribution in [0.1, 0.15) is 30.3 Å². The zero-order valence-electron chi connectivity index (χ0n) is 11.3. The Labute approximate surface area is 126 Å². The lowest BCUT2D eigenvalue weighted by molar-refractivity contribution is 0.312. The molecule has 0 bridgehead atoms. The van der Waals surface area contributed by atoms with Crippen molar-refractivity contribution in [2.24, 2.45) is 0 Å². The summed E-state index contributed by atoms with van der Waals surface area (Å²) in [6, 6.07) is 4.73. The molecule has 1 aliphatic heterocycles. The molecule has 0 amide bonds. The molecular formula is C14H17N3OS2. The lowest BCUT2D eigenvalue weighted by Gasteiger charge is -2.19. The molecule has 0 saturated heterocycles. The highest BCUT2D eigenvalue weighted by molar-refractivity contribution is 7.09. The van der Waals surface area contributed by atoms with E-state index in [0.717, 1.165) is 25.0 Å². The van der Waals surface area contributed by atoms with E-state index in [9.17, 15) is 0 Å². The predicted molar refractivity (Wildman–Crippen MR) is 83.2 cm³/mol. The highest BCUT2D eigenvalue weighted by Crippen LogP contribution is 2.29. The predicted octanol–water partition coefficient (Wildman–Crippen LogP) is 3.33. The van der Waals surface area contributed by atoms with Crippen molar-refractivity contribution < 1.29 is 4.74 Å². The van der Waals surface area contributed by atoms with Crippen LogP contribution in [0.4, 0.5) is 0 Å². The third-order valence-electron chi connectivity index (χ3n) is 3.32. The summed E-state index contributed by atoms with van der Waals surface area (Å²) in [5, 5.41) is 5.44. The Hall–Kier alpha value is -1.40. The van der Waals surface area contributed by atoms with E-state index in [4.69, 9.17) is 4.74 Å². The van der Waals surface area contributed by atoms with E-state index in [1.54, 1.807) is 11.3 Å². The number of nitrogens with one attached hydrogen (secondary N) is 1. The van der Waals surface area contributed by atoms with Crippen molar-refractivity contribution in [3.63, 3.8) is 0 Å². The molecule has 6 heteroatoms. The number of aromatic nitrogens is 2. The molecule has 0 aliphatic carbocycles. The highest BCUT2D eigenvalue weighted by atomic mass is 32.1. The summed E-state index contributed by atoms with van der Waals surface area (Å²) in [4.78, 5) is 1.34. The first kappa shape index (κ1) is 13.6. The highest BCUT2D eigenvalue weighted by Gasteiger charge is 2.18. The minimum atomic E-state index is 0.536. The third kappa shape index (κ3) is 3.19. The van der Waals surface area contributed by atoms with E-state index < -0.39 is 0 Å². The van der Waals surface area contributed by atoms with Crippen LogP contribution in [0.5, 0.6) is 5.88 Å². The van der Waals surface area contributed by atoms with Crippen LogP contribution in [0, 0.1) is 0 Å². The van der Waals surface area contributed by atoms with Crippen LogP contribution in [-0.2, 0) is 6.42 Å². The molecule has 0 spiro atoms. The van der Waals surface area contributed by atoms with E-state index in [1.165, 1.54) is 22.2 Å². The first-order chi connectivity index (χ1) is 9.83. The van der Waals surface area contributed by atoms with Crippen molar-refractivity contribution in [3.05, 3.63) is 34.3 Å². The first-order valence-corrected chi connectivity index (χ1v) is 8.37. The van der Waals surface area contributed by atoms with Crippen molar-refractivity contribution in [2.45, 2.75) is 32.2 Å². The third-order valence-corrected chi connectivity index (χ3v) is 4.77. The smallest absolute Gasteiger partial charge is 0.253 e. The molecule has 20 heavy (non-hydrogen) atoms. The number of rotatable bonds is 5. The number of hydrogen-bond donors (Lipinski definition) is 1. The van der Waals surface area contributed by atoms with Gasteiger partial charge in [0.05, 0.1) is 18.3 Å². The fourth-order valence-corrected chi connectivity index (χ4v) is 3.35. The van der Waals surface area contributed by atoms with Crippen molar-refractivity contribution in [1.82, 2.24) is 14.1 Å². The maximum atomic E-state index is 5.81. The van der Waals surface area contributed by atoms with Gasteiger partial charge in [0.25, 0.3) is 5.88 Å². The fourth-order valence-electron chi connectivity index (χ4n) is 2.13. The Bertz CT molecular complexity index is 577. The number of allylic oxidation sites excluding steroid dienone is 1. The Morgan fingerprint density at radius 3 is 3.15 bits per heavy atom. The number of ether oxygens (including phenoxy) is 1. The lowest BCUT2D eigenvalue weighted by atomic mass is 10.0. The van der Waals surface area contributed by atoms with Gasteiger partial charge in [0.1, 0.15) is 5.69 Å². The maximum Gasteiger partial charge on any atom is 0.253 e. The SMILES string of the molecule is CC1CCC(c2nsnc2OCCc2cccs2)=CN1. The van der Waals surface area contributed by atoms with Crippen molar-refractivity contribution in [1.29, 1.82) is 0 Å². The van der Waals surface area contributed by atoms with Crippen LogP contribution in [0.15, 0.2) is 23.7 Å². The van der Waals surface area contributed by atoms with E-state index >= 15 is 0 Å². The number of hydrogen-bond acceptors (Lipinski definition) is 6. The van der Waals surface area contributed by atoms with E-state index in [0.29, 0.717) is 18.5 Å². The summed E-state index contributed by atoms with van der Waals surface area (Å²) in [6.45, 7) is 2.83. The molecule has 2 aromatic heterocycles. The zero-order valence-corrected chi connectivity index (χ0v) is 13.0. The molecule has 106 valence electrons. The molecule has 4 nitrogen and oxygen atoms in total. The summed E-state index contributed by atoms with van der Waals surface area (Å²) in [5.74, 6) is 0.675. The lowest BCUT2D eigenvalue weighted by Crippen LogP contribution is -2.24. The fraction of sp³-hybridized carbons (Fsp3) is 0.429. The molecule has 0 radical (unpaired) electrons. The Morgan fingerprint density at radius 2 is 2.40 bits per heavy atom. The van der Waals surface area contributed by atoms with Gasteiger partial charge in [0.15, 0.2) is 0 Å². The molecule has 0 fully saturated rings. The molecule has 1 unspecified atom stereocenters. The van der Waals surface area contributed by atoms with Crippen LogP contribution >= 0.6 is 23.1 Å². The number of nitrogens with zero attached hydrogens (tertiary/aromatic N) is 2. The van der Waals surface area contributed by atoms with Crippen molar-refractivity contribution >= 4 is 28.6 Å². The standard InChI is InChI=1S/C14H17N3OS2/c1-10-4-5-11(9-15-10)13-14(17-20-16-13)18-7-6-12-3-2-8-19-12/h2-3,8-10,15H,4-7H2,1H3. The van der Waals surface area contributed by atoms with Gasteiger partial charge in [0, 0.05) is 29.1 Å². The molecular weight excluding hydrogens is 290 g/mol. The normalized spacial score (nSPS) is 18.4. The molecule has 3 heterocycles. The summed E-state index contributed by atoms with van der Waals surface area (Å²) in [6.07, 6.45) is 5.12.